The van der Waals surface area contributed by atoms with E-state index in [2.05, 4.69) is 30.2 Å². The number of rotatable bonds is 19. The van der Waals surface area contributed by atoms with Crippen molar-refractivity contribution < 1.29 is 31.9 Å². The summed E-state index contributed by atoms with van der Waals surface area (Å²) in [5, 5.41) is 12.0. The van der Waals surface area contributed by atoms with Crippen molar-refractivity contribution in [2.75, 3.05) is 27.3 Å². The second-order valence-electron chi connectivity index (χ2n) is 7.66. The first-order valence-corrected chi connectivity index (χ1v) is 13.7. The molecule has 0 aliphatic rings. The summed E-state index contributed by atoms with van der Waals surface area (Å²) in [5.74, 6) is -0.914. The lowest BCUT2D eigenvalue weighted by atomic mass is 10.1. The predicted molar refractivity (Wildman–Crippen MR) is 134 cm³/mol. The molecule has 0 bridgehead atoms. The highest BCUT2D eigenvalue weighted by Crippen LogP contribution is 2.09. The summed E-state index contributed by atoms with van der Waals surface area (Å²) in [6.45, 7) is 8.01. The normalized spacial score (nSPS) is 11.1. The van der Waals surface area contributed by atoms with Gasteiger partial charge in [0, 0.05) is 13.6 Å². The molecule has 8 nitrogen and oxygen atoms in total. The minimum absolute atomic E-state index is 0.220. The Morgan fingerprint density at radius 3 is 1.61 bits per heavy atom. The van der Waals surface area contributed by atoms with Gasteiger partial charge in [0.05, 0.1) is 20.1 Å². The molecule has 0 aromatic heterocycles. The molecule has 1 N–H and O–H groups in total. The summed E-state index contributed by atoms with van der Waals surface area (Å²) < 4.78 is 29.7. The average Bonchev–Trinajstić information content (AvgIpc) is 2.76. The monoisotopic (exact) mass is 496 g/mol. The van der Waals surface area contributed by atoms with E-state index in [4.69, 9.17) is 9.39 Å². The van der Waals surface area contributed by atoms with Crippen LogP contribution in [-0.4, -0.2) is 51.3 Å². The smallest absolute Gasteiger partial charge is 0.300 e. The molecule has 0 atom stereocenters. The van der Waals surface area contributed by atoms with Crippen LogP contribution in [-0.2, 0) is 29.3 Å². The van der Waals surface area contributed by atoms with Gasteiger partial charge < -0.3 is 0 Å². The largest absolute Gasteiger partial charge is 0.397 e. The summed E-state index contributed by atoms with van der Waals surface area (Å²) in [5.41, 5.74) is 0. The fourth-order valence-corrected chi connectivity index (χ4v) is 2.65. The van der Waals surface area contributed by atoms with Crippen molar-refractivity contribution in [2.24, 2.45) is 0 Å². The minimum Gasteiger partial charge on any atom is -0.300 e. The van der Waals surface area contributed by atoms with Crippen molar-refractivity contribution >= 4 is 16.4 Å². The van der Waals surface area contributed by atoms with Gasteiger partial charge in [-0.25, -0.2) is 9.90 Å². The number of nitrogens with zero attached hydrogens (tertiary/aromatic N) is 1. The summed E-state index contributed by atoms with van der Waals surface area (Å²) >= 11 is 0. The van der Waals surface area contributed by atoms with Crippen LogP contribution in [0.1, 0.15) is 111 Å². The molecule has 0 spiro atoms. The van der Waals surface area contributed by atoms with E-state index in [0.29, 0.717) is 0 Å². The lowest BCUT2D eigenvalue weighted by molar-refractivity contribution is -0.143. The Morgan fingerprint density at radius 2 is 1.27 bits per heavy atom. The Bertz CT molecular complexity index is 525. The van der Waals surface area contributed by atoms with Crippen molar-refractivity contribution in [3.8, 4) is 0 Å². The molecule has 0 aliphatic heterocycles. The molecular weight excluding hydrogens is 446 g/mol. The maximum absolute atomic E-state index is 10.2. The Hall–Kier alpha value is -1.00. The van der Waals surface area contributed by atoms with Crippen LogP contribution in [0.15, 0.2) is 12.2 Å². The van der Waals surface area contributed by atoms with Gasteiger partial charge in [-0.1, -0.05) is 77.4 Å². The number of hydrogen-bond acceptors (Lipinski definition) is 6. The molecule has 9 heteroatoms. The quantitative estimate of drug-likeness (QED) is 0.0965. The van der Waals surface area contributed by atoms with Crippen molar-refractivity contribution in [1.29, 1.82) is 0 Å². The fourth-order valence-electron chi connectivity index (χ4n) is 2.65. The third-order valence-electron chi connectivity index (χ3n) is 4.65. The third kappa shape index (κ3) is 45.3. The zero-order chi connectivity index (χ0) is 25.8. The first-order chi connectivity index (χ1) is 15.6. The number of hydroxylamine groups is 2. The van der Waals surface area contributed by atoms with Crippen LogP contribution >= 0.6 is 0 Å². The molecule has 0 amide bonds. The molecule has 0 aromatic carbocycles. The number of carbonyl (C=O) groups is 1. The van der Waals surface area contributed by atoms with Gasteiger partial charge in [-0.15, -0.1) is 0 Å². The molecule has 199 valence electrons. The van der Waals surface area contributed by atoms with Gasteiger partial charge in [0.2, 0.25) is 0 Å². The highest BCUT2D eigenvalue weighted by molar-refractivity contribution is 7.80. The van der Waals surface area contributed by atoms with Gasteiger partial charge >= 0.3 is 16.4 Å². The number of hydrogen-bond donors (Lipinski definition) is 1. The lowest BCUT2D eigenvalue weighted by Crippen LogP contribution is -2.17. The van der Waals surface area contributed by atoms with Crippen LogP contribution < -0.4 is 0 Å². The van der Waals surface area contributed by atoms with E-state index in [9.17, 15) is 18.3 Å². The topological polar surface area (TPSA) is 113 Å². The fraction of sp³-hybridized carbons (Fsp3) is 0.875. The van der Waals surface area contributed by atoms with Crippen LogP contribution in [0.5, 0.6) is 0 Å². The van der Waals surface area contributed by atoms with Crippen LogP contribution in [0.4, 0.5) is 0 Å². The number of carbonyl (C=O) groups excluding carboxylic acids is 1. The molecule has 1 radical (unpaired) electrons. The summed E-state index contributed by atoms with van der Waals surface area (Å²) in [6, 6.07) is 0. The number of allylic oxidation sites excluding steroid dienone is 2. The van der Waals surface area contributed by atoms with Gasteiger partial charge in [-0.3, -0.25) is 13.6 Å². The Labute approximate surface area is 203 Å². The molecule has 0 unspecified atom stereocenters. The molecule has 0 heterocycles. The Kier molecular flexibility index (Phi) is 32.2. The second kappa shape index (κ2) is 29.0. The second-order valence-corrected chi connectivity index (χ2v) is 8.85. The van der Waals surface area contributed by atoms with E-state index in [1.807, 2.05) is 14.0 Å². The zero-order valence-electron chi connectivity index (χ0n) is 21.7. The highest BCUT2D eigenvalue weighted by atomic mass is 32.3. The van der Waals surface area contributed by atoms with E-state index < -0.39 is 16.4 Å². The first kappa shape index (κ1) is 36.6. The summed E-state index contributed by atoms with van der Waals surface area (Å²) in [6.07, 6.45) is 20.9. The molecule has 0 fully saturated rings. The lowest BCUT2D eigenvalue weighted by Gasteiger charge is -2.10. The van der Waals surface area contributed by atoms with E-state index in [-0.39, 0.29) is 6.42 Å². The molecule has 0 saturated carbocycles. The first-order valence-electron chi connectivity index (χ1n) is 12.4. The van der Waals surface area contributed by atoms with Crippen LogP contribution in [0.25, 0.3) is 0 Å². The molecule has 0 aliphatic carbocycles. The van der Waals surface area contributed by atoms with Gasteiger partial charge in [-0.2, -0.15) is 13.5 Å². The van der Waals surface area contributed by atoms with E-state index >= 15 is 0 Å². The number of unbranched alkanes of at least 4 members (excludes halogenated alkanes) is 11. The maximum Gasteiger partial charge on any atom is 0.397 e. The average molecular weight is 497 g/mol. The van der Waals surface area contributed by atoms with E-state index in [0.717, 1.165) is 39.5 Å². The third-order valence-corrected chi connectivity index (χ3v) is 5.07. The van der Waals surface area contributed by atoms with Crippen molar-refractivity contribution in [3.63, 3.8) is 0 Å². The SMILES string of the molecule is CCCCCCCC/C=C\CCCCCCCC([O])=O.CCON(C)CC.COS(=O)(=O)O. The van der Waals surface area contributed by atoms with E-state index in [1.54, 1.807) is 5.06 Å². The van der Waals surface area contributed by atoms with Crippen molar-refractivity contribution in [3.05, 3.63) is 12.2 Å². The summed E-state index contributed by atoms with van der Waals surface area (Å²) in [4.78, 5) is 15.2. The molecular formula is C24H50NO7S. The van der Waals surface area contributed by atoms with E-state index in [1.165, 1.54) is 64.2 Å². The van der Waals surface area contributed by atoms with Gasteiger partial charge in [-0.05, 0) is 39.0 Å². The van der Waals surface area contributed by atoms with Gasteiger partial charge in [0.25, 0.3) is 0 Å². The summed E-state index contributed by atoms with van der Waals surface area (Å²) in [7, 11) is -1.37. The minimum atomic E-state index is -4.16. The Morgan fingerprint density at radius 1 is 0.848 bits per heavy atom. The van der Waals surface area contributed by atoms with Crippen LogP contribution in [0.2, 0.25) is 0 Å². The predicted octanol–water partition coefficient (Wildman–Crippen LogP) is 6.31. The van der Waals surface area contributed by atoms with Crippen molar-refractivity contribution in [2.45, 2.75) is 111 Å². The van der Waals surface area contributed by atoms with Gasteiger partial charge in [0.15, 0.2) is 0 Å². The maximum atomic E-state index is 10.2. The standard InChI is InChI=1S/C18H33O2.C5H13NO.CH4O4S/c1-2-3-4-5-6-7-8-9-10-11-12-13-14-15-16-17-18(19)20;1-4-6(3)7-5-2;1-5-6(2,3)4/h9-10H,2-8,11-17H2,1H3;4-5H2,1-3H3;1H3,(H,2,3,4)/b10-9-;;. The Balaban J connectivity index is -0.000000563. The molecule has 0 rings (SSSR count). The highest BCUT2D eigenvalue weighted by Gasteiger charge is 1.98. The molecule has 0 saturated heterocycles. The van der Waals surface area contributed by atoms with Gasteiger partial charge in [0.1, 0.15) is 0 Å². The zero-order valence-corrected chi connectivity index (χ0v) is 22.5. The van der Waals surface area contributed by atoms with Crippen LogP contribution in [0, 0.1) is 0 Å². The van der Waals surface area contributed by atoms with Crippen molar-refractivity contribution in [1.82, 2.24) is 5.06 Å². The molecule has 0 aromatic rings. The molecule has 33 heavy (non-hydrogen) atoms. The van der Waals surface area contributed by atoms with Crippen LogP contribution in [0.3, 0.4) is 0 Å².